The molecular weight excluding hydrogens is 88.1 g/mol. The highest BCUT2D eigenvalue weighted by Crippen LogP contribution is 2.03. The van der Waals surface area contributed by atoms with Crippen molar-refractivity contribution >= 4 is 0 Å². The molecule has 7 heavy (non-hydrogen) atoms. The molecule has 0 aliphatic carbocycles. The van der Waals surface area contributed by atoms with Gasteiger partial charge in [-0.05, 0) is 19.4 Å². The van der Waals surface area contributed by atoms with Gasteiger partial charge in [-0.1, -0.05) is 0 Å². The Kier molecular flexibility index (Phi) is 0.895. The van der Waals surface area contributed by atoms with Crippen LogP contribution in [-0.4, -0.2) is 0 Å². The highest BCUT2D eigenvalue weighted by molar-refractivity contribution is 5.10. The predicted octanol–water partition coefficient (Wildman–Crippen LogP) is 1.70. The third kappa shape index (κ3) is 0.660. The van der Waals surface area contributed by atoms with Crippen LogP contribution in [0.1, 0.15) is 11.3 Å². The number of aryl methyl sites for hydroxylation is 2. The molecule has 37 valence electrons. The highest BCUT2D eigenvalue weighted by atomic mass is 16.3. The topological polar surface area (TPSA) is 13.1 Å². The van der Waals surface area contributed by atoms with Gasteiger partial charge in [-0.15, -0.1) is 0 Å². The van der Waals surface area contributed by atoms with Gasteiger partial charge in [0, 0.05) is 6.07 Å². The average molecular weight is 95.1 g/mol. The lowest BCUT2D eigenvalue weighted by Crippen LogP contribution is -1.64. The van der Waals surface area contributed by atoms with Crippen molar-refractivity contribution in [1.29, 1.82) is 0 Å². The van der Waals surface area contributed by atoms with E-state index in [4.69, 9.17) is 4.42 Å². The van der Waals surface area contributed by atoms with E-state index in [1.165, 1.54) is 0 Å². The first-order chi connectivity index (χ1) is 3.30. The van der Waals surface area contributed by atoms with Crippen molar-refractivity contribution in [3.05, 3.63) is 23.7 Å². The zero-order valence-electron chi connectivity index (χ0n) is 4.49. The van der Waals surface area contributed by atoms with E-state index in [0.29, 0.717) is 0 Å². The zero-order valence-corrected chi connectivity index (χ0v) is 4.49. The molecule has 0 saturated carbocycles. The van der Waals surface area contributed by atoms with Gasteiger partial charge >= 0.3 is 0 Å². The lowest BCUT2D eigenvalue weighted by atomic mass is 10.3. The molecule has 0 fully saturated rings. The maximum atomic E-state index is 4.91. The van der Waals surface area contributed by atoms with Crippen LogP contribution in [0.25, 0.3) is 0 Å². The number of hydrogen-bond donors (Lipinski definition) is 0. The minimum atomic E-state index is 0.958. The van der Waals surface area contributed by atoms with E-state index in [1.54, 1.807) is 6.26 Å². The Morgan fingerprint density at radius 1 is 1.57 bits per heavy atom. The minimum Gasteiger partial charge on any atom is -0.469 e. The maximum Gasteiger partial charge on any atom is 0.104 e. The van der Waals surface area contributed by atoms with Crippen LogP contribution in [0, 0.1) is 19.9 Å². The predicted molar refractivity (Wildman–Crippen MR) is 27.0 cm³/mol. The first kappa shape index (κ1) is 4.44. The van der Waals surface area contributed by atoms with E-state index in [1.807, 2.05) is 13.8 Å². The summed E-state index contributed by atoms with van der Waals surface area (Å²) in [5.74, 6) is 0.958. The van der Waals surface area contributed by atoms with Gasteiger partial charge in [0.1, 0.15) is 5.76 Å². The van der Waals surface area contributed by atoms with Gasteiger partial charge in [-0.25, -0.2) is 0 Å². The Morgan fingerprint density at radius 2 is 2.29 bits per heavy atom. The maximum absolute atomic E-state index is 4.91. The van der Waals surface area contributed by atoms with Crippen LogP contribution < -0.4 is 0 Å². The third-order valence-corrected chi connectivity index (χ3v) is 1.04. The average Bonchev–Trinajstić information content (AvgIpc) is 1.91. The Morgan fingerprint density at radius 3 is 2.43 bits per heavy atom. The van der Waals surface area contributed by atoms with Crippen LogP contribution in [0.15, 0.2) is 10.7 Å². The molecular formula is C6H7O. The summed E-state index contributed by atoms with van der Waals surface area (Å²) < 4.78 is 4.91. The van der Waals surface area contributed by atoms with E-state index >= 15 is 0 Å². The SMILES string of the molecule is Cc1[c]coc1C. The second kappa shape index (κ2) is 1.41. The lowest BCUT2D eigenvalue weighted by Gasteiger charge is -1.78. The molecule has 0 aromatic carbocycles. The second-order valence-electron chi connectivity index (χ2n) is 1.56. The van der Waals surface area contributed by atoms with Crippen LogP contribution in [0.5, 0.6) is 0 Å². The van der Waals surface area contributed by atoms with E-state index in [9.17, 15) is 0 Å². The van der Waals surface area contributed by atoms with Gasteiger partial charge in [0.2, 0.25) is 0 Å². The zero-order chi connectivity index (χ0) is 5.28. The molecule has 1 aromatic heterocycles. The largest absolute Gasteiger partial charge is 0.469 e. The molecule has 0 bridgehead atoms. The Bertz CT molecular complexity index is 136. The van der Waals surface area contributed by atoms with Crippen molar-refractivity contribution in [1.82, 2.24) is 0 Å². The van der Waals surface area contributed by atoms with Gasteiger partial charge in [-0.2, -0.15) is 0 Å². The molecule has 0 atom stereocenters. The first-order valence-corrected chi connectivity index (χ1v) is 2.23. The van der Waals surface area contributed by atoms with Gasteiger partial charge in [-0.3, -0.25) is 0 Å². The summed E-state index contributed by atoms with van der Waals surface area (Å²) in [6.07, 6.45) is 1.57. The van der Waals surface area contributed by atoms with Crippen LogP contribution in [0.4, 0.5) is 0 Å². The van der Waals surface area contributed by atoms with Crippen molar-refractivity contribution in [3.63, 3.8) is 0 Å². The molecule has 0 N–H and O–H groups in total. The summed E-state index contributed by atoms with van der Waals surface area (Å²) in [6.45, 7) is 3.89. The fourth-order valence-corrected chi connectivity index (χ4v) is 0.396. The molecule has 1 nitrogen and oxygen atoms in total. The molecule has 1 heterocycles. The summed E-state index contributed by atoms with van der Waals surface area (Å²) >= 11 is 0. The molecule has 1 radical (unpaired) electrons. The van der Waals surface area contributed by atoms with Crippen molar-refractivity contribution in [2.75, 3.05) is 0 Å². The molecule has 0 spiro atoms. The van der Waals surface area contributed by atoms with Gasteiger partial charge in [0.15, 0.2) is 0 Å². The summed E-state index contributed by atoms with van der Waals surface area (Å²) in [7, 11) is 0. The molecule has 0 unspecified atom stereocenters. The van der Waals surface area contributed by atoms with Crippen molar-refractivity contribution in [2.45, 2.75) is 13.8 Å². The fourth-order valence-electron chi connectivity index (χ4n) is 0.396. The lowest BCUT2D eigenvalue weighted by molar-refractivity contribution is 0.531. The standard InChI is InChI=1S/C6H7O/c1-5-3-4-7-6(5)2/h4H,1-2H3. The van der Waals surface area contributed by atoms with Gasteiger partial charge < -0.3 is 4.42 Å². The molecule has 0 amide bonds. The van der Waals surface area contributed by atoms with Crippen LogP contribution in [0.2, 0.25) is 0 Å². The van der Waals surface area contributed by atoms with Gasteiger partial charge in [0.05, 0.1) is 6.26 Å². The molecule has 0 aliphatic heterocycles. The number of rotatable bonds is 0. The third-order valence-electron chi connectivity index (χ3n) is 1.04. The summed E-state index contributed by atoms with van der Waals surface area (Å²) in [5.41, 5.74) is 1.10. The summed E-state index contributed by atoms with van der Waals surface area (Å²) in [6, 6.07) is 2.90. The first-order valence-electron chi connectivity index (χ1n) is 2.23. The Hall–Kier alpha value is -0.720. The molecule has 1 aromatic rings. The molecule has 1 heteroatoms. The summed E-state index contributed by atoms with van der Waals surface area (Å²) in [4.78, 5) is 0. The van der Waals surface area contributed by atoms with E-state index in [-0.39, 0.29) is 0 Å². The molecule has 1 rings (SSSR count). The normalized spacial score (nSPS) is 9.43. The van der Waals surface area contributed by atoms with E-state index in [2.05, 4.69) is 6.07 Å². The molecule has 0 saturated heterocycles. The van der Waals surface area contributed by atoms with Crippen LogP contribution in [-0.2, 0) is 0 Å². The fraction of sp³-hybridized carbons (Fsp3) is 0.333. The van der Waals surface area contributed by atoms with Crippen LogP contribution >= 0.6 is 0 Å². The Labute approximate surface area is 43.0 Å². The van der Waals surface area contributed by atoms with Gasteiger partial charge in [0.25, 0.3) is 0 Å². The smallest absolute Gasteiger partial charge is 0.104 e. The van der Waals surface area contributed by atoms with Crippen molar-refractivity contribution < 1.29 is 4.42 Å². The summed E-state index contributed by atoms with van der Waals surface area (Å²) in [5, 5.41) is 0. The quantitative estimate of drug-likeness (QED) is 0.478. The van der Waals surface area contributed by atoms with Crippen LogP contribution in [0.3, 0.4) is 0 Å². The van der Waals surface area contributed by atoms with E-state index in [0.717, 1.165) is 11.3 Å². The number of hydrogen-bond acceptors (Lipinski definition) is 1. The van der Waals surface area contributed by atoms with Crippen molar-refractivity contribution in [2.24, 2.45) is 0 Å². The highest BCUT2D eigenvalue weighted by Gasteiger charge is 1.89. The number of furan rings is 1. The monoisotopic (exact) mass is 95.0 g/mol. The van der Waals surface area contributed by atoms with Crippen molar-refractivity contribution in [3.8, 4) is 0 Å². The minimum absolute atomic E-state index is 0.958. The van der Waals surface area contributed by atoms with E-state index < -0.39 is 0 Å². The Balaban J connectivity index is 3.12. The second-order valence-corrected chi connectivity index (χ2v) is 1.56. The molecule has 0 aliphatic rings.